The van der Waals surface area contributed by atoms with Crippen LogP contribution in [0.1, 0.15) is 32.8 Å². The molecule has 2 amide bonds. The van der Waals surface area contributed by atoms with Gasteiger partial charge in [0.15, 0.2) is 6.61 Å². The van der Waals surface area contributed by atoms with E-state index in [2.05, 4.69) is 37.2 Å². The highest BCUT2D eigenvalue weighted by atomic mass is 79.9. The summed E-state index contributed by atoms with van der Waals surface area (Å²) in [4.78, 5) is 27.2. The number of benzene rings is 2. The molecule has 2 atom stereocenters. The Morgan fingerprint density at radius 1 is 1.07 bits per heavy atom. The van der Waals surface area contributed by atoms with Crippen LogP contribution in [0.2, 0.25) is 0 Å². The molecule has 0 aliphatic carbocycles. The summed E-state index contributed by atoms with van der Waals surface area (Å²) in [5.41, 5.74) is 0.930. The van der Waals surface area contributed by atoms with E-state index in [-0.39, 0.29) is 24.5 Å². The first kappa shape index (κ1) is 23.4. The van der Waals surface area contributed by atoms with Crippen molar-refractivity contribution in [2.24, 2.45) is 0 Å². The van der Waals surface area contributed by atoms with Crippen LogP contribution < -0.4 is 10.1 Å². The van der Waals surface area contributed by atoms with Gasteiger partial charge in [0, 0.05) is 21.5 Å². The van der Waals surface area contributed by atoms with Crippen LogP contribution in [0, 0.1) is 0 Å². The van der Waals surface area contributed by atoms with Gasteiger partial charge >= 0.3 is 0 Å². The summed E-state index contributed by atoms with van der Waals surface area (Å²) in [6, 6.07) is 14.4. The van der Waals surface area contributed by atoms with E-state index in [1.165, 1.54) is 0 Å². The monoisotopic (exact) mass is 524 g/mol. The lowest BCUT2D eigenvalue weighted by molar-refractivity contribution is -0.142. The quantitative estimate of drug-likeness (QED) is 0.505. The van der Waals surface area contributed by atoms with Gasteiger partial charge in [-0.1, -0.05) is 50.9 Å². The van der Waals surface area contributed by atoms with Crippen molar-refractivity contribution >= 4 is 43.7 Å². The molecular weight excluding hydrogens is 500 g/mol. The number of amides is 2. The Balaban J connectivity index is 2.14. The fraction of sp³-hybridized carbons (Fsp3) is 0.364. The van der Waals surface area contributed by atoms with Crippen molar-refractivity contribution in [2.45, 2.75) is 45.8 Å². The van der Waals surface area contributed by atoms with Crippen LogP contribution in [0.15, 0.2) is 57.5 Å². The lowest BCUT2D eigenvalue weighted by atomic mass is 10.1. The van der Waals surface area contributed by atoms with Crippen molar-refractivity contribution in [1.82, 2.24) is 10.2 Å². The molecule has 2 aromatic carbocycles. The first-order chi connectivity index (χ1) is 13.8. The SMILES string of the molecule is CC[C@@H](C)NC(=O)[C@@H](C)N(Cc1cccc(Br)c1)C(=O)COc1ccc(Br)cc1. The molecule has 0 saturated carbocycles. The van der Waals surface area contributed by atoms with Gasteiger partial charge < -0.3 is 15.0 Å². The van der Waals surface area contributed by atoms with Crippen LogP contribution in [0.3, 0.4) is 0 Å². The van der Waals surface area contributed by atoms with Crippen molar-refractivity contribution in [2.75, 3.05) is 6.61 Å². The van der Waals surface area contributed by atoms with E-state index >= 15 is 0 Å². The molecule has 0 heterocycles. The van der Waals surface area contributed by atoms with E-state index in [4.69, 9.17) is 4.74 Å². The molecule has 2 rings (SSSR count). The first-order valence-corrected chi connectivity index (χ1v) is 11.1. The Morgan fingerprint density at radius 3 is 2.38 bits per heavy atom. The minimum Gasteiger partial charge on any atom is -0.484 e. The number of ether oxygens (including phenoxy) is 1. The molecule has 0 bridgehead atoms. The largest absolute Gasteiger partial charge is 0.484 e. The molecule has 0 aliphatic heterocycles. The van der Waals surface area contributed by atoms with Gasteiger partial charge in [0.2, 0.25) is 5.91 Å². The lowest BCUT2D eigenvalue weighted by Crippen LogP contribution is -2.50. The van der Waals surface area contributed by atoms with Gasteiger partial charge in [-0.2, -0.15) is 0 Å². The second-order valence-electron chi connectivity index (χ2n) is 6.89. The van der Waals surface area contributed by atoms with Gasteiger partial charge in [0.05, 0.1) is 0 Å². The topological polar surface area (TPSA) is 58.6 Å². The second kappa shape index (κ2) is 11.4. The second-order valence-corrected chi connectivity index (χ2v) is 8.72. The fourth-order valence-corrected chi connectivity index (χ4v) is 3.35. The molecule has 1 N–H and O–H groups in total. The number of nitrogens with zero attached hydrogens (tertiary/aromatic N) is 1. The highest BCUT2D eigenvalue weighted by Crippen LogP contribution is 2.18. The van der Waals surface area contributed by atoms with Crippen molar-refractivity contribution in [3.05, 3.63) is 63.0 Å². The van der Waals surface area contributed by atoms with Crippen LogP contribution in [0.25, 0.3) is 0 Å². The van der Waals surface area contributed by atoms with Crippen LogP contribution in [0.4, 0.5) is 0 Å². The third-order valence-electron chi connectivity index (χ3n) is 4.59. The summed E-state index contributed by atoms with van der Waals surface area (Å²) in [5, 5.41) is 2.95. The molecule has 0 radical (unpaired) electrons. The average molecular weight is 526 g/mol. The zero-order valence-corrected chi connectivity index (χ0v) is 20.0. The molecule has 156 valence electrons. The van der Waals surface area contributed by atoms with Gasteiger partial charge in [0.25, 0.3) is 5.91 Å². The van der Waals surface area contributed by atoms with Gasteiger partial charge in [0.1, 0.15) is 11.8 Å². The summed E-state index contributed by atoms with van der Waals surface area (Å²) in [7, 11) is 0. The standard InChI is InChI=1S/C22H26Br2N2O3/c1-4-15(2)25-22(28)16(3)26(13-17-6-5-7-19(24)12-17)21(27)14-29-20-10-8-18(23)9-11-20/h5-12,15-16H,4,13-14H2,1-3H3,(H,25,28)/t15-,16-/m1/s1. The maximum absolute atomic E-state index is 13.0. The number of hydrogen-bond acceptors (Lipinski definition) is 3. The number of rotatable bonds is 9. The molecule has 0 spiro atoms. The van der Waals surface area contributed by atoms with E-state index in [0.717, 1.165) is 20.9 Å². The Labute approximate surface area is 189 Å². The van der Waals surface area contributed by atoms with Gasteiger partial charge in [-0.05, 0) is 62.2 Å². The molecule has 0 saturated heterocycles. The van der Waals surface area contributed by atoms with Crippen LogP contribution in [-0.4, -0.2) is 35.4 Å². The molecule has 0 unspecified atom stereocenters. The van der Waals surface area contributed by atoms with Crippen LogP contribution >= 0.6 is 31.9 Å². The zero-order valence-electron chi connectivity index (χ0n) is 16.8. The van der Waals surface area contributed by atoms with Crippen molar-refractivity contribution in [3.8, 4) is 5.75 Å². The number of nitrogens with one attached hydrogen (secondary N) is 1. The highest BCUT2D eigenvalue weighted by Gasteiger charge is 2.27. The van der Waals surface area contributed by atoms with E-state index in [9.17, 15) is 9.59 Å². The number of carbonyl (C=O) groups is 2. The van der Waals surface area contributed by atoms with Gasteiger partial charge in [-0.25, -0.2) is 0 Å². The predicted molar refractivity (Wildman–Crippen MR) is 122 cm³/mol. The van der Waals surface area contributed by atoms with Gasteiger partial charge in [-0.3, -0.25) is 9.59 Å². The lowest BCUT2D eigenvalue weighted by Gasteiger charge is -2.29. The summed E-state index contributed by atoms with van der Waals surface area (Å²) >= 11 is 6.83. The van der Waals surface area contributed by atoms with Crippen LogP contribution in [-0.2, 0) is 16.1 Å². The molecule has 7 heteroatoms. The van der Waals surface area contributed by atoms with Crippen LogP contribution in [0.5, 0.6) is 5.75 Å². The molecule has 0 fully saturated rings. The maximum Gasteiger partial charge on any atom is 0.261 e. The van der Waals surface area contributed by atoms with E-state index < -0.39 is 6.04 Å². The summed E-state index contributed by atoms with van der Waals surface area (Å²) in [5.74, 6) is 0.173. The van der Waals surface area contributed by atoms with Gasteiger partial charge in [-0.15, -0.1) is 0 Å². The maximum atomic E-state index is 13.0. The third kappa shape index (κ3) is 7.48. The first-order valence-electron chi connectivity index (χ1n) is 9.52. The van der Waals surface area contributed by atoms with E-state index in [1.54, 1.807) is 24.0 Å². The Kier molecular flexibility index (Phi) is 9.17. The molecule has 0 aliphatic rings. The number of halogens is 2. The van der Waals surface area contributed by atoms with Crippen molar-refractivity contribution < 1.29 is 14.3 Å². The van der Waals surface area contributed by atoms with Crippen molar-refractivity contribution in [1.29, 1.82) is 0 Å². The molecule has 2 aromatic rings. The third-order valence-corrected chi connectivity index (χ3v) is 5.61. The van der Waals surface area contributed by atoms with Crippen molar-refractivity contribution in [3.63, 3.8) is 0 Å². The number of carbonyl (C=O) groups excluding carboxylic acids is 2. The smallest absolute Gasteiger partial charge is 0.261 e. The molecule has 0 aromatic heterocycles. The van der Waals surface area contributed by atoms with E-state index in [1.807, 2.05) is 50.2 Å². The molecule has 5 nitrogen and oxygen atoms in total. The van der Waals surface area contributed by atoms with E-state index in [0.29, 0.717) is 12.3 Å². The zero-order chi connectivity index (χ0) is 21.4. The normalized spacial score (nSPS) is 12.7. The highest BCUT2D eigenvalue weighted by molar-refractivity contribution is 9.10. The minimum absolute atomic E-state index is 0.0480. The molecular formula is C22H26Br2N2O3. The predicted octanol–water partition coefficient (Wildman–Crippen LogP) is 4.92. The fourth-order valence-electron chi connectivity index (χ4n) is 2.64. The number of hydrogen-bond donors (Lipinski definition) is 1. The summed E-state index contributed by atoms with van der Waals surface area (Å²) < 4.78 is 7.50. The average Bonchev–Trinajstić information content (AvgIpc) is 2.70. The Morgan fingerprint density at radius 2 is 1.76 bits per heavy atom. The minimum atomic E-state index is -0.621. The summed E-state index contributed by atoms with van der Waals surface area (Å²) in [6.45, 7) is 5.87. The molecule has 29 heavy (non-hydrogen) atoms. The summed E-state index contributed by atoms with van der Waals surface area (Å²) in [6.07, 6.45) is 0.824. The Bertz CT molecular complexity index is 827. The Hall–Kier alpha value is -1.86.